The lowest BCUT2D eigenvalue weighted by Crippen LogP contribution is -2.15. The smallest absolute Gasteiger partial charge is 0.322 e. The van der Waals surface area contributed by atoms with E-state index in [9.17, 15) is 0 Å². The van der Waals surface area contributed by atoms with Gasteiger partial charge in [0.25, 0.3) is 0 Å². The Morgan fingerprint density at radius 2 is 1.93 bits per heavy atom. The van der Waals surface area contributed by atoms with Crippen molar-refractivity contribution in [2.45, 2.75) is 0 Å². The fourth-order valence-corrected chi connectivity index (χ4v) is 3.58. The average Bonchev–Trinajstić information content (AvgIpc) is 3.33. The molecule has 0 atom stereocenters. The molecule has 4 aromatic rings. The van der Waals surface area contributed by atoms with Gasteiger partial charge in [0.15, 0.2) is 16.6 Å². The molecule has 2 aromatic heterocycles. The van der Waals surface area contributed by atoms with Gasteiger partial charge >= 0.3 is 6.01 Å². The van der Waals surface area contributed by atoms with E-state index in [1.807, 2.05) is 36.4 Å². The molecular formula is C18H14N4O4S. The highest BCUT2D eigenvalue weighted by Crippen LogP contribution is 2.35. The Hall–Kier alpha value is -3.33. The Morgan fingerprint density at radius 1 is 1.04 bits per heavy atom. The van der Waals surface area contributed by atoms with Crippen molar-refractivity contribution in [3.63, 3.8) is 0 Å². The van der Waals surface area contributed by atoms with Gasteiger partial charge in [-0.3, -0.25) is 5.32 Å². The molecule has 1 N–H and O–H groups in total. The van der Waals surface area contributed by atoms with Gasteiger partial charge in [0.2, 0.25) is 5.89 Å². The number of nitrogens with one attached hydrogen (secondary N) is 1. The van der Waals surface area contributed by atoms with Gasteiger partial charge in [0.05, 0.1) is 17.3 Å². The summed E-state index contributed by atoms with van der Waals surface area (Å²) in [6, 6.07) is 11.5. The van der Waals surface area contributed by atoms with Crippen LogP contribution in [0.4, 0.5) is 11.1 Å². The van der Waals surface area contributed by atoms with Crippen molar-refractivity contribution in [1.82, 2.24) is 15.2 Å². The molecule has 2 aromatic carbocycles. The van der Waals surface area contributed by atoms with Gasteiger partial charge in [-0.1, -0.05) is 16.4 Å². The van der Waals surface area contributed by atoms with Crippen molar-refractivity contribution in [2.24, 2.45) is 0 Å². The third-order valence-corrected chi connectivity index (χ3v) is 4.97. The van der Waals surface area contributed by atoms with Crippen LogP contribution in [0.25, 0.3) is 21.7 Å². The van der Waals surface area contributed by atoms with E-state index in [0.717, 1.165) is 21.5 Å². The number of methoxy groups -OCH3 is 1. The zero-order valence-electron chi connectivity index (χ0n) is 14.3. The van der Waals surface area contributed by atoms with Crippen molar-refractivity contribution in [3.05, 3.63) is 36.4 Å². The molecule has 0 saturated heterocycles. The van der Waals surface area contributed by atoms with E-state index in [4.69, 9.17) is 18.6 Å². The molecule has 136 valence electrons. The third-order valence-electron chi connectivity index (χ3n) is 4.02. The van der Waals surface area contributed by atoms with Crippen molar-refractivity contribution < 1.29 is 18.6 Å². The van der Waals surface area contributed by atoms with E-state index >= 15 is 0 Å². The number of benzene rings is 2. The molecule has 0 fully saturated rings. The number of aromatic nitrogens is 3. The summed E-state index contributed by atoms with van der Waals surface area (Å²) in [5, 5.41) is 11.9. The Labute approximate surface area is 157 Å². The topological polar surface area (TPSA) is 91.5 Å². The second-order valence-electron chi connectivity index (χ2n) is 5.75. The molecule has 8 nitrogen and oxygen atoms in total. The summed E-state index contributed by atoms with van der Waals surface area (Å²) in [7, 11) is 1.63. The minimum Gasteiger partial charge on any atom is -0.497 e. The Bertz CT molecular complexity index is 1120. The molecule has 0 radical (unpaired) electrons. The van der Waals surface area contributed by atoms with E-state index in [1.54, 1.807) is 7.11 Å². The average molecular weight is 382 g/mol. The number of nitrogens with zero attached hydrogens (tertiary/aromatic N) is 3. The highest BCUT2D eigenvalue weighted by atomic mass is 32.1. The number of thiazole rings is 1. The molecule has 0 spiro atoms. The lowest BCUT2D eigenvalue weighted by atomic mass is 10.2. The standard InChI is InChI=1S/C18H14N4O4S/c1-23-11-3-5-15-12(9-11)19-18(27-15)20-17-22-21-16(26-17)10-2-4-13-14(8-10)25-7-6-24-13/h2-5,8-9H,6-7H2,1H3,(H,19,20,22). The summed E-state index contributed by atoms with van der Waals surface area (Å²) in [6.45, 7) is 1.07. The highest BCUT2D eigenvalue weighted by Gasteiger charge is 2.16. The zero-order chi connectivity index (χ0) is 18.2. The predicted octanol–water partition coefficient (Wildman–Crippen LogP) is 3.87. The molecule has 1 aliphatic heterocycles. The Kier molecular flexibility index (Phi) is 3.79. The predicted molar refractivity (Wildman–Crippen MR) is 100 cm³/mol. The molecule has 9 heteroatoms. The maximum Gasteiger partial charge on any atom is 0.322 e. The zero-order valence-corrected chi connectivity index (χ0v) is 15.1. The summed E-state index contributed by atoms with van der Waals surface area (Å²) < 4.78 is 23.1. The van der Waals surface area contributed by atoms with Gasteiger partial charge in [-0.25, -0.2) is 4.98 Å². The molecule has 0 amide bonds. The summed E-state index contributed by atoms with van der Waals surface area (Å²) in [5.41, 5.74) is 1.60. The second-order valence-corrected chi connectivity index (χ2v) is 6.78. The summed E-state index contributed by atoms with van der Waals surface area (Å²) in [6.07, 6.45) is 0. The van der Waals surface area contributed by atoms with Crippen LogP contribution in [-0.4, -0.2) is 35.5 Å². The first kappa shape index (κ1) is 15.9. The van der Waals surface area contributed by atoms with Crippen LogP contribution in [0.2, 0.25) is 0 Å². The van der Waals surface area contributed by atoms with Crippen LogP contribution in [0.5, 0.6) is 17.2 Å². The summed E-state index contributed by atoms with van der Waals surface area (Å²) >= 11 is 1.49. The van der Waals surface area contributed by atoms with Gasteiger partial charge in [-0.15, -0.1) is 5.10 Å². The fourth-order valence-electron chi connectivity index (χ4n) is 2.75. The van der Waals surface area contributed by atoms with Crippen LogP contribution >= 0.6 is 11.3 Å². The first-order valence-corrected chi connectivity index (χ1v) is 9.05. The molecular weight excluding hydrogens is 368 g/mol. The molecule has 0 unspecified atom stereocenters. The van der Waals surface area contributed by atoms with Crippen LogP contribution in [0, 0.1) is 0 Å². The van der Waals surface area contributed by atoms with E-state index < -0.39 is 0 Å². The summed E-state index contributed by atoms with van der Waals surface area (Å²) in [4.78, 5) is 4.52. The fraction of sp³-hybridized carbons (Fsp3) is 0.167. The lowest BCUT2D eigenvalue weighted by molar-refractivity contribution is 0.171. The van der Waals surface area contributed by atoms with E-state index in [2.05, 4.69) is 20.5 Å². The lowest BCUT2D eigenvalue weighted by Gasteiger charge is -2.18. The van der Waals surface area contributed by atoms with Crippen LogP contribution in [-0.2, 0) is 0 Å². The largest absolute Gasteiger partial charge is 0.497 e. The minimum absolute atomic E-state index is 0.269. The molecule has 1 aliphatic rings. The van der Waals surface area contributed by atoms with E-state index in [-0.39, 0.29) is 6.01 Å². The minimum atomic E-state index is 0.269. The van der Waals surface area contributed by atoms with Gasteiger partial charge in [-0.05, 0) is 30.3 Å². The number of rotatable bonds is 4. The Balaban J connectivity index is 1.39. The van der Waals surface area contributed by atoms with Gasteiger partial charge in [-0.2, -0.15) is 0 Å². The number of anilines is 2. The number of ether oxygens (including phenoxy) is 3. The Morgan fingerprint density at radius 3 is 2.81 bits per heavy atom. The highest BCUT2D eigenvalue weighted by molar-refractivity contribution is 7.22. The van der Waals surface area contributed by atoms with Crippen LogP contribution in [0.15, 0.2) is 40.8 Å². The molecule has 5 rings (SSSR count). The maximum atomic E-state index is 5.72. The van der Waals surface area contributed by atoms with Gasteiger partial charge in [0, 0.05) is 11.6 Å². The quantitative estimate of drug-likeness (QED) is 0.569. The second kappa shape index (κ2) is 6.44. The number of fused-ring (bicyclic) bond motifs is 2. The van der Waals surface area contributed by atoms with Crippen molar-refractivity contribution in [1.29, 1.82) is 0 Å². The normalized spacial score (nSPS) is 12.9. The van der Waals surface area contributed by atoms with Crippen LogP contribution in [0.3, 0.4) is 0 Å². The monoisotopic (exact) mass is 382 g/mol. The van der Waals surface area contributed by atoms with Crippen LogP contribution in [0.1, 0.15) is 0 Å². The molecule has 3 heterocycles. The number of hydrogen-bond donors (Lipinski definition) is 1. The van der Waals surface area contributed by atoms with Crippen molar-refractivity contribution in [3.8, 4) is 28.7 Å². The molecule has 27 heavy (non-hydrogen) atoms. The molecule has 0 saturated carbocycles. The van der Waals surface area contributed by atoms with E-state index in [1.165, 1.54) is 11.3 Å². The SMILES string of the molecule is COc1ccc2sc(Nc3nnc(-c4ccc5c(c4)OCCO5)o3)nc2c1. The first-order valence-electron chi connectivity index (χ1n) is 8.23. The molecule has 0 aliphatic carbocycles. The first-order chi connectivity index (χ1) is 13.3. The maximum absolute atomic E-state index is 5.72. The van der Waals surface area contributed by atoms with Crippen molar-refractivity contribution in [2.75, 3.05) is 25.6 Å². The molecule has 0 bridgehead atoms. The van der Waals surface area contributed by atoms with Gasteiger partial charge < -0.3 is 18.6 Å². The van der Waals surface area contributed by atoms with Crippen molar-refractivity contribution >= 4 is 32.7 Å². The number of hydrogen-bond acceptors (Lipinski definition) is 9. The van der Waals surface area contributed by atoms with Crippen LogP contribution < -0.4 is 19.5 Å². The summed E-state index contributed by atoms with van der Waals surface area (Å²) in [5.74, 6) is 2.54. The van der Waals surface area contributed by atoms with E-state index in [0.29, 0.717) is 35.7 Å². The third kappa shape index (κ3) is 3.02. The van der Waals surface area contributed by atoms with Gasteiger partial charge in [0.1, 0.15) is 19.0 Å².